The number of benzene rings is 2. The lowest BCUT2D eigenvalue weighted by molar-refractivity contribution is 0.270. The number of rotatable bonds is 5. The summed E-state index contributed by atoms with van der Waals surface area (Å²) in [7, 11) is 1.49. The van der Waals surface area contributed by atoms with Crippen molar-refractivity contribution < 1.29 is 14.6 Å². The smallest absolute Gasteiger partial charge is 0.161 e. The molecule has 0 unspecified atom stereocenters. The molecule has 0 aliphatic rings. The monoisotopic (exact) mass is 326 g/mol. The first-order chi connectivity index (χ1) is 10.1. The van der Waals surface area contributed by atoms with Gasteiger partial charge in [-0.2, -0.15) is 0 Å². The number of hydrogen-bond donors (Lipinski definition) is 1. The number of methoxy groups -OCH3 is 1. The number of halogens is 2. The van der Waals surface area contributed by atoms with E-state index < -0.39 is 0 Å². The lowest BCUT2D eigenvalue weighted by atomic mass is 10.1. The van der Waals surface area contributed by atoms with Gasteiger partial charge in [-0.05, 0) is 18.1 Å². The van der Waals surface area contributed by atoms with E-state index in [9.17, 15) is 5.11 Å². The predicted octanol–water partition coefficient (Wildman–Crippen LogP) is 4.38. The van der Waals surface area contributed by atoms with Crippen LogP contribution in [0.3, 0.4) is 0 Å². The van der Waals surface area contributed by atoms with E-state index >= 15 is 0 Å². The molecule has 0 fully saturated rings. The Labute approximate surface area is 134 Å². The molecule has 2 rings (SSSR count). The summed E-state index contributed by atoms with van der Waals surface area (Å²) in [6, 6.07) is 9.71. The van der Waals surface area contributed by atoms with E-state index in [1.165, 1.54) is 7.11 Å². The van der Waals surface area contributed by atoms with Crippen LogP contribution in [0.4, 0.5) is 0 Å². The molecular formula is C16H16Cl2O3. The van der Waals surface area contributed by atoms with E-state index in [0.29, 0.717) is 34.3 Å². The molecule has 3 nitrogen and oxygen atoms in total. The minimum atomic E-state index is -0.201. The molecule has 0 bridgehead atoms. The van der Waals surface area contributed by atoms with Gasteiger partial charge in [0, 0.05) is 5.56 Å². The number of ether oxygens (including phenoxy) is 2. The van der Waals surface area contributed by atoms with E-state index in [1.54, 1.807) is 6.92 Å². The largest absolute Gasteiger partial charge is 0.495 e. The van der Waals surface area contributed by atoms with Gasteiger partial charge < -0.3 is 14.6 Å². The number of aliphatic hydroxyl groups is 1. The van der Waals surface area contributed by atoms with Gasteiger partial charge in [-0.1, -0.05) is 53.5 Å². The van der Waals surface area contributed by atoms with E-state index in [4.69, 9.17) is 32.7 Å². The molecule has 0 aliphatic carbocycles. The van der Waals surface area contributed by atoms with Crippen molar-refractivity contribution in [2.75, 3.05) is 7.11 Å². The minimum Gasteiger partial charge on any atom is -0.495 e. The first-order valence-corrected chi connectivity index (χ1v) is 7.17. The van der Waals surface area contributed by atoms with Gasteiger partial charge in [-0.3, -0.25) is 0 Å². The standard InChI is InChI=1S/C16H16Cl2O3/c1-10-12(8-19)15(20-2)14(18)16(13(10)17)21-9-11-6-4-3-5-7-11/h3-7,19H,8-9H2,1-2H3. The molecule has 5 heteroatoms. The first kappa shape index (κ1) is 16.0. The summed E-state index contributed by atoms with van der Waals surface area (Å²) in [6.45, 7) is 1.94. The third-order valence-electron chi connectivity index (χ3n) is 3.24. The van der Waals surface area contributed by atoms with E-state index in [2.05, 4.69) is 0 Å². The second kappa shape index (κ2) is 7.03. The summed E-state index contributed by atoms with van der Waals surface area (Å²) in [5, 5.41) is 10.1. The SMILES string of the molecule is COc1c(Cl)c(OCc2ccccc2)c(Cl)c(C)c1CO. The molecular weight excluding hydrogens is 311 g/mol. The normalized spacial score (nSPS) is 10.5. The Hall–Kier alpha value is -1.42. The van der Waals surface area contributed by atoms with Crippen molar-refractivity contribution >= 4 is 23.2 Å². The topological polar surface area (TPSA) is 38.7 Å². The van der Waals surface area contributed by atoms with Gasteiger partial charge in [0.05, 0.1) is 18.7 Å². The Morgan fingerprint density at radius 2 is 1.71 bits per heavy atom. The van der Waals surface area contributed by atoms with Crippen molar-refractivity contribution in [3.63, 3.8) is 0 Å². The Bertz CT molecular complexity index is 627. The molecule has 0 saturated heterocycles. The van der Waals surface area contributed by atoms with Crippen LogP contribution in [0.2, 0.25) is 10.0 Å². The van der Waals surface area contributed by atoms with Gasteiger partial charge in [0.1, 0.15) is 17.4 Å². The average molecular weight is 327 g/mol. The van der Waals surface area contributed by atoms with Gasteiger partial charge >= 0.3 is 0 Å². The molecule has 0 aromatic heterocycles. The highest BCUT2D eigenvalue weighted by molar-refractivity contribution is 6.38. The van der Waals surface area contributed by atoms with E-state index in [0.717, 1.165) is 5.56 Å². The highest BCUT2D eigenvalue weighted by atomic mass is 35.5. The van der Waals surface area contributed by atoms with Crippen LogP contribution in [0.25, 0.3) is 0 Å². The molecule has 1 N–H and O–H groups in total. The highest BCUT2D eigenvalue weighted by Crippen LogP contribution is 2.45. The number of aliphatic hydroxyl groups excluding tert-OH is 1. The third kappa shape index (κ3) is 3.26. The van der Waals surface area contributed by atoms with Gasteiger partial charge in [0.15, 0.2) is 5.75 Å². The third-order valence-corrected chi connectivity index (χ3v) is 4.04. The van der Waals surface area contributed by atoms with Gasteiger partial charge in [0.25, 0.3) is 0 Å². The molecule has 0 spiro atoms. The fraction of sp³-hybridized carbons (Fsp3) is 0.250. The fourth-order valence-corrected chi connectivity index (χ4v) is 2.72. The quantitative estimate of drug-likeness (QED) is 0.886. The van der Waals surface area contributed by atoms with Gasteiger partial charge in [-0.15, -0.1) is 0 Å². The summed E-state index contributed by atoms with van der Waals surface area (Å²) >= 11 is 12.6. The van der Waals surface area contributed by atoms with Crippen molar-refractivity contribution in [3.05, 3.63) is 57.1 Å². The summed E-state index contributed by atoms with van der Waals surface area (Å²) in [5.41, 5.74) is 2.27. The maximum absolute atomic E-state index is 9.44. The van der Waals surface area contributed by atoms with Crippen molar-refractivity contribution in [1.82, 2.24) is 0 Å². The van der Waals surface area contributed by atoms with Crippen LogP contribution in [0.1, 0.15) is 16.7 Å². The Morgan fingerprint density at radius 3 is 2.29 bits per heavy atom. The van der Waals surface area contributed by atoms with Crippen LogP contribution in [0.15, 0.2) is 30.3 Å². The molecule has 2 aromatic rings. The van der Waals surface area contributed by atoms with E-state index in [1.807, 2.05) is 30.3 Å². The second-order valence-electron chi connectivity index (χ2n) is 4.53. The second-order valence-corrected chi connectivity index (χ2v) is 5.28. The molecule has 0 amide bonds. The fourth-order valence-electron chi connectivity index (χ4n) is 2.06. The summed E-state index contributed by atoms with van der Waals surface area (Å²) in [6.07, 6.45) is 0. The maximum atomic E-state index is 9.44. The van der Waals surface area contributed by atoms with Crippen LogP contribution in [-0.2, 0) is 13.2 Å². The molecule has 0 radical (unpaired) electrons. The first-order valence-electron chi connectivity index (χ1n) is 6.42. The lowest BCUT2D eigenvalue weighted by Crippen LogP contribution is -2.02. The van der Waals surface area contributed by atoms with Crippen LogP contribution in [0.5, 0.6) is 11.5 Å². The zero-order chi connectivity index (χ0) is 15.4. The number of hydrogen-bond acceptors (Lipinski definition) is 3. The van der Waals surface area contributed by atoms with Crippen molar-refractivity contribution in [3.8, 4) is 11.5 Å². The van der Waals surface area contributed by atoms with Gasteiger partial charge in [-0.25, -0.2) is 0 Å². The summed E-state index contributed by atoms with van der Waals surface area (Å²) in [5.74, 6) is 0.762. The van der Waals surface area contributed by atoms with E-state index in [-0.39, 0.29) is 11.6 Å². The summed E-state index contributed by atoms with van der Waals surface area (Å²) in [4.78, 5) is 0. The Balaban J connectivity index is 2.37. The lowest BCUT2D eigenvalue weighted by Gasteiger charge is -2.18. The molecule has 21 heavy (non-hydrogen) atoms. The zero-order valence-electron chi connectivity index (χ0n) is 11.8. The predicted molar refractivity (Wildman–Crippen MR) is 84.4 cm³/mol. The Morgan fingerprint density at radius 1 is 1.05 bits per heavy atom. The van der Waals surface area contributed by atoms with Gasteiger partial charge in [0.2, 0.25) is 0 Å². The summed E-state index contributed by atoms with van der Waals surface area (Å²) < 4.78 is 11.0. The van der Waals surface area contributed by atoms with Crippen molar-refractivity contribution in [2.45, 2.75) is 20.1 Å². The van der Waals surface area contributed by atoms with Crippen LogP contribution in [0, 0.1) is 6.92 Å². The molecule has 112 valence electrons. The zero-order valence-corrected chi connectivity index (χ0v) is 13.3. The molecule has 0 heterocycles. The minimum absolute atomic E-state index is 0.201. The molecule has 0 saturated carbocycles. The van der Waals surface area contributed by atoms with Crippen molar-refractivity contribution in [2.24, 2.45) is 0 Å². The highest BCUT2D eigenvalue weighted by Gasteiger charge is 2.21. The molecule has 2 aromatic carbocycles. The van der Waals surface area contributed by atoms with Crippen LogP contribution < -0.4 is 9.47 Å². The Kier molecular flexibility index (Phi) is 5.34. The van der Waals surface area contributed by atoms with Crippen molar-refractivity contribution in [1.29, 1.82) is 0 Å². The maximum Gasteiger partial charge on any atom is 0.161 e. The van der Waals surface area contributed by atoms with Crippen LogP contribution >= 0.6 is 23.2 Å². The molecule has 0 aliphatic heterocycles. The van der Waals surface area contributed by atoms with Crippen LogP contribution in [-0.4, -0.2) is 12.2 Å². The molecule has 0 atom stereocenters. The average Bonchev–Trinajstić information content (AvgIpc) is 2.51.